The van der Waals surface area contributed by atoms with E-state index in [4.69, 9.17) is 16.3 Å². The average molecular weight is 257 g/mol. The highest BCUT2D eigenvalue weighted by molar-refractivity contribution is 6.32. The molecule has 0 spiro atoms. The van der Waals surface area contributed by atoms with Gasteiger partial charge in [0.15, 0.2) is 0 Å². The molecule has 1 aromatic heterocycles. The summed E-state index contributed by atoms with van der Waals surface area (Å²) in [7, 11) is 0. The molecule has 17 heavy (non-hydrogen) atoms. The Morgan fingerprint density at radius 2 is 2.29 bits per heavy atom. The number of hydrogen-bond donors (Lipinski definition) is 0. The topological polar surface area (TPSA) is 42.4 Å². The van der Waals surface area contributed by atoms with Gasteiger partial charge in [-0.05, 0) is 26.0 Å². The molecule has 1 aromatic rings. The Hall–Kier alpha value is -1.13. The lowest BCUT2D eigenvalue weighted by Crippen LogP contribution is -2.34. The van der Waals surface area contributed by atoms with Gasteiger partial charge in [0.05, 0.1) is 12.2 Å². The van der Waals surface area contributed by atoms with Gasteiger partial charge in [-0.1, -0.05) is 11.6 Å². The maximum absolute atomic E-state index is 12.1. The lowest BCUT2D eigenvalue weighted by molar-refractivity contribution is 0.0669. The van der Waals surface area contributed by atoms with E-state index in [1.807, 2.05) is 13.8 Å². The molecule has 0 aliphatic rings. The second-order valence-corrected chi connectivity index (χ2v) is 3.78. The van der Waals surface area contributed by atoms with Crippen LogP contribution in [0.25, 0.3) is 0 Å². The number of nitrogens with zero attached hydrogens (tertiary/aromatic N) is 2. The van der Waals surface area contributed by atoms with Crippen LogP contribution in [-0.2, 0) is 4.74 Å². The molecule has 0 fully saturated rings. The molecular weight excluding hydrogens is 240 g/mol. The van der Waals surface area contributed by atoms with Gasteiger partial charge in [-0.15, -0.1) is 0 Å². The number of likely N-dealkylation sites (N-methyl/N-ethyl adjacent to an activating group) is 1. The van der Waals surface area contributed by atoms with Gasteiger partial charge >= 0.3 is 0 Å². The Morgan fingerprint density at radius 3 is 2.88 bits per heavy atom. The van der Waals surface area contributed by atoms with Gasteiger partial charge in [-0.25, -0.2) is 4.98 Å². The van der Waals surface area contributed by atoms with Gasteiger partial charge in [-0.3, -0.25) is 4.79 Å². The van der Waals surface area contributed by atoms with Crippen molar-refractivity contribution in [3.05, 3.63) is 29.0 Å². The number of carbonyl (C=O) groups excluding carboxylic acids is 1. The van der Waals surface area contributed by atoms with Crippen LogP contribution in [-0.4, -0.2) is 42.1 Å². The van der Waals surface area contributed by atoms with Crippen LogP contribution in [0.5, 0.6) is 0 Å². The number of pyridine rings is 1. The van der Waals surface area contributed by atoms with E-state index in [1.165, 1.54) is 0 Å². The predicted octanol–water partition coefficient (Wildman–Crippen LogP) is 2.23. The second-order valence-electron chi connectivity index (χ2n) is 3.42. The molecule has 0 radical (unpaired) electrons. The van der Waals surface area contributed by atoms with Crippen LogP contribution in [0, 0.1) is 0 Å². The molecule has 0 saturated carbocycles. The summed E-state index contributed by atoms with van der Waals surface area (Å²) in [5.74, 6) is -0.106. The smallest absolute Gasteiger partial charge is 0.257 e. The third kappa shape index (κ3) is 3.98. The van der Waals surface area contributed by atoms with E-state index in [9.17, 15) is 4.79 Å². The summed E-state index contributed by atoms with van der Waals surface area (Å²) in [5.41, 5.74) is 0.438. The molecule has 0 aromatic carbocycles. The largest absolute Gasteiger partial charge is 0.380 e. The Kier molecular flexibility index (Phi) is 5.94. The maximum Gasteiger partial charge on any atom is 0.257 e. The van der Waals surface area contributed by atoms with E-state index >= 15 is 0 Å². The van der Waals surface area contributed by atoms with E-state index < -0.39 is 0 Å². The first-order chi connectivity index (χ1) is 8.20. The van der Waals surface area contributed by atoms with Gasteiger partial charge in [-0.2, -0.15) is 0 Å². The first-order valence-corrected chi connectivity index (χ1v) is 6.06. The fourth-order valence-electron chi connectivity index (χ4n) is 1.44. The van der Waals surface area contributed by atoms with Crippen molar-refractivity contribution in [3.8, 4) is 0 Å². The second kappa shape index (κ2) is 7.25. The highest BCUT2D eigenvalue weighted by atomic mass is 35.5. The first kappa shape index (κ1) is 13.9. The average Bonchev–Trinajstić information content (AvgIpc) is 2.35. The van der Waals surface area contributed by atoms with Crippen LogP contribution in [0.15, 0.2) is 18.3 Å². The van der Waals surface area contributed by atoms with Gasteiger partial charge in [0.2, 0.25) is 0 Å². The Labute approximate surface area is 107 Å². The predicted molar refractivity (Wildman–Crippen MR) is 67.3 cm³/mol. The number of amides is 1. The van der Waals surface area contributed by atoms with Crippen molar-refractivity contribution in [2.75, 3.05) is 26.3 Å². The van der Waals surface area contributed by atoms with Gasteiger partial charge in [0, 0.05) is 25.9 Å². The fraction of sp³-hybridized carbons (Fsp3) is 0.500. The quantitative estimate of drug-likeness (QED) is 0.579. The molecule has 0 N–H and O–H groups in total. The van der Waals surface area contributed by atoms with Gasteiger partial charge in [0.25, 0.3) is 5.91 Å². The van der Waals surface area contributed by atoms with E-state index in [0.717, 1.165) is 0 Å². The summed E-state index contributed by atoms with van der Waals surface area (Å²) >= 11 is 5.89. The molecule has 1 rings (SSSR count). The van der Waals surface area contributed by atoms with E-state index in [1.54, 1.807) is 23.2 Å². The number of carbonyl (C=O) groups is 1. The summed E-state index contributed by atoms with van der Waals surface area (Å²) in [6.07, 6.45) is 1.57. The zero-order valence-electron chi connectivity index (χ0n) is 10.1. The molecule has 5 heteroatoms. The number of halogens is 1. The highest BCUT2D eigenvalue weighted by Crippen LogP contribution is 2.14. The van der Waals surface area contributed by atoms with Crippen LogP contribution >= 0.6 is 11.6 Å². The summed E-state index contributed by atoms with van der Waals surface area (Å²) in [6, 6.07) is 3.39. The Morgan fingerprint density at radius 1 is 1.53 bits per heavy atom. The summed E-state index contributed by atoms with van der Waals surface area (Å²) < 4.78 is 5.24. The minimum absolute atomic E-state index is 0.106. The lowest BCUT2D eigenvalue weighted by Gasteiger charge is -2.20. The van der Waals surface area contributed by atoms with Gasteiger partial charge < -0.3 is 9.64 Å². The molecule has 0 unspecified atom stereocenters. The molecule has 0 aliphatic heterocycles. The van der Waals surface area contributed by atoms with Crippen LogP contribution in [0.3, 0.4) is 0 Å². The molecule has 1 heterocycles. The minimum atomic E-state index is -0.106. The van der Waals surface area contributed by atoms with Crippen molar-refractivity contribution >= 4 is 17.5 Å². The Bertz CT molecular complexity index is 371. The standard InChI is InChI=1S/C12H17ClN2O2/c1-3-15(8-9-17-4-2)12(16)10-6-5-7-14-11(10)13/h5-7H,3-4,8-9H2,1-2H3. The molecular formula is C12H17ClN2O2. The summed E-state index contributed by atoms with van der Waals surface area (Å²) in [5, 5.41) is 0.243. The van der Waals surface area contributed by atoms with Crippen molar-refractivity contribution in [2.24, 2.45) is 0 Å². The van der Waals surface area contributed by atoms with E-state index in [2.05, 4.69) is 4.98 Å². The number of aromatic nitrogens is 1. The monoisotopic (exact) mass is 256 g/mol. The molecule has 0 saturated heterocycles. The Balaban J connectivity index is 2.69. The van der Waals surface area contributed by atoms with E-state index in [-0.39, 0.29) is 11.1 Å². The first-order valence-electron chi connectivity index (χ1n) is 5.68. The molecule has 94 valence electrons. The van der Waals surface area contributed by atoms with E-state index in [0.29, 0.717) is 31.9 Å². The third-order valence-corrected chi connectivity index (χ3v) is 2.67. The van der Waals surface area contributed by atoms with Crippen molar-refractivity contribution < 1.29 is 9.53 Å². The van der Waals surface area contributed by atoms with Crippen LogP contribution in [0.4, 0.5) is 0 Å². The molecule has 1 amide bonds. The normalized spacial score (nSPS) is 10.3. The zero-order valence-corrected chi connectivity index (χ0v) is 10.9. The van der Waals surface area contributed by atoms with Crippen LogP contribution in [0.1, 0.15) is 24.2 Å². The molecule has 0 aliphatic carbocycles. The fourth-order valence-corrected chi connectivity index (χ4v) is 1.64. The van der Waals surface area contributed by atoms with Crippen molar-refractivity contribution in [1.82, 2.24) is 9.88 Å². The van der Waals surface area contributed by atoms with Crippen LogP contribution < -0.4 is 0 Å². The number of hydrogen-bond acceptors (Lipinski definition) is 3. The van der Waals surface area contributed by atoms with Crippen LogP contribution in [0.2, 0.25) is 5.15 Å². The number of ether oxygens (including phenoxy) is 1. The van der Waals surface area contributed by atoms with Crippen molar-refractivity contribution in [1.29, 1.82) is 0 Å². The molecule has 4 nitrogen and oxygen atoms in total. The zero-order chi connectivity index (χ0) is 12.7. The lowest BCUT2D eigenvalue weighted by atomic mass is 10.2. The number of rotatable bonds is 6. The minimum Gasteiger partial charge on any atom is -0.380 e. The maximum atomic E-state index is 12.1. The highest BCUT2D eigenvalue weighted by Gasteiger charge is 2.16. The van der Waals surface area contributed by atoms with Crippen molar-refractivity contribution in [3.63, 3.8) is 0 Å². The summed E-state index contributed by atoms with van der Waals surface area (Å²) in [6.45, 7) is 6.23. The third-order valence-electron chi connectivity index (χ3n) is 2.37. The molecule has 0 bridgehead atoms. The van der Waals surface area contributed by atoms with Gasteiger partial charge in [0.1, 0.15) is 5.15 Å². The summed E-state index contributed by atoms with van der Waals surface area (Å²) in [4.78, 5) is 17.7. The molecule has 0 atom stereocenters. The SMILES string of the molecule is CCOCCN(CC)C(=O)c1cccnc1Cl. The van der Waals surface area contributed by atoms with Crippen molar-refractivity contribution in [2.45, 2.75) is 13.8 Å².